The van der Waals surface area contributed by atoms with Gasteiger partial charge in [-0.05, 0) is 36.5 Å². The highest BCUT2D eigenvalue weighted by Crippen LogP contribution is 2.48. The highest BCUT2D eigenvalue weighted by molar-refractivity contribution is 5.86. The SMILES string of the molecule is CC(C)COC(=O)Nc1ccc(C2(C(=O)O)CC2)cc1. The molecule has 0 aromatic heterocycles. The second-order valence-electron chi connectivity index (χ2n) is 5.58. The third-order valence-corrected chi connectivity index (χ3v) is 3.39. The molecule has 1 saturated carbocycles. The molecule has 5 heteroatoms. The number of amides is 1. The van der Waals surface area contributed by atoms with E-state index in [1.165, 1.54) is 0 Å². The molecule has 1 aliphatic carbocycles. The fourth-order valence-electron chi connectivity index (χ4n) is 2.02. The number of carbonyl (C=O) groups is 2. The lowest BCUT2D eigenvalue weighted by atomic mass is 9.96. The molecule has 0 bridgehead atoms. The first kappa shape index (κ1) is 14.4. The number of carboxylic acid groups (broad SMARTS) is 1. The molecule has 0 unspecified atom stereocenters. The maximum atomic E-state index is 11.5. The zero-order valence-corrected chi connectivity index (χ0v) is 11.7. The summed E-state index contributed by atoms with van der Waals surface area (Å²) in [5.74, 6) is -0.497. The maximum Gasteiger partial charge on any atom is 0.411 e. The Hall–Kier alpha value is -2.04. The van der Waals surface area contributed by atoms with Crippen molar-refractivity contribution in [3.63, 3.8) is 0 Å². The van der Waals surface area contributed by atoms with E-state index in [9.17, 15) is 14.7 Å². The lowest BCUT2D eigenvalue weighted by Gasteiger charge is -2.12. The van der Waals surface area contributed by atoms with Crippen molar-refractivity contribution < 1.29 is 19.4 Å². The Labute approximate surface area is 117 Å². The fourth-order valence-corrected chi connectivity index (χ4v) is 2.02. The molecule has 1 aliphatic rings. The second-order valence-corrected chi connectivity index (χ2v) is 5.58. The van der Waals surface area contributed by atoms with Gasteiger partial charge in [0, 0.05) is 5.69 Å². The molecule has 0 radical (unpaired) electrons. The fraction of sp³-hybridized carbons (Fsp3) is 0.467. The van der Waals surface area contributed by atoms with Gasteiger partial charge >= 0.3 is 12.1 Å². The van der Waals surface area contributed by atoms with Gasteiger partial charge < -0.3 is 9.84 Å². The van der Waals surface area contributed by atoms with Gasteiger partial charge in [0.1, 0.15) is 0 Å². The smallest absolute Gasteiger partial charge is 0.411 e. The van der Waals surface area contributed by atoms with Gasteiger partial charge in [-0.15, -0.1) is 0 Å². The molecule has 1 amide bonds. The Balaban J connectivity index is 1.95. The molecule has 20 heavy (non-hydrogen) atoms. The lowest BCUT2D eigenvalue weighted by molar-refractivity contribution is -0.140. The summed E-state index contributed by atoms with van der Waals surface area (Å²) in [6.07, 6.45) is 0.850. The van der Waals surface area contributed by atoms with Crippen LogP contribution in [-0.4, -0.2) is 23.8 Å². The molecule has 2 rings (SSSR count). The van der Waals surface area contributed by atoms with Crippen molar-refractivity contribution in [2.24, 2.45) is 5.92 Å². The van der Waals surface area contributed by atoms with Crippen LogP contribution in [0.5, 0.6) is 0 Å². The quantitative estimate of drug-likeness (QED) is 0.867. The molecule has 1 aromatic rings. The van der Waals surface area contributed by atoms with Crippen molar-refractivity contribution in [1.29, 1.82) is 0 Å². The Bertz CT molecular complexity index is 503. The van der Waals surface area contributed by atoms with Crippen LogP contribution in [0.2, 0.25) is 0 Å². The van der Waals surface area contributed by atoms with Gasteiger partial charge in [0.05, 0.1) is 12.0 Å². The second kappa shape index (κ2) is 5.53. The third-order valence-electron chi connectivity index (χ3n) is 3.39. The summed E-state index contributed by atoms with van der Waals surface area (Å²) in [4.78, 5) is 22.7. The Morgan fingerprint density at radius 3 is 2.35 bits per heavy atom. The number of carbonyl (C=O) groups excluding carboxylic acids is 1. The number of benzene rings is 1. The predicted molar refractivity (Wildman–Crippen MR) is 74.8 cm³/mol. The van der Waals surface area contributed by atoms with Crippen LogP contribution in [0.15, 0.2) is 24.3 Å². The Kier molecular flexibility index (Phi) is 3.97. The molecular formula is C15H19NO4. The van der Waals surface area contributed by atoms with Gasteiger partial charge in [-0.3, -0.25) is 10.1 Å². The van der Waals surface area contributed by atoms with E-state index < -0.39 is 17.5 Å². The van der Waals surface area contributed by atoms with Gasteiger partial charge in [0.2, 0.25) is 0 Å². The van der Waals surface area contributed by atoms with Gasteiger partial charge in [0.25, 0.3) is 0 Å². The monoisotopic (exact) mass is 277 g/mol. The van der Waals surface area contributed by atoms with E-state index in [1.807, 2.05) is 13.8 Å². The van der Waals surface area contributed by atoms with E-state index in [0.717, 1.165) is 5.56 Å². The summed E-state index contributed by atoms with van der Waals surface area (Å²) in [6.45, 7) is 4.29. The third kappa shape index (κ3) is 3.10. The first-order chi connectivity index (χ1) is 9.44. The maximum absolute atomic E-state index is 11.5. The number of carboxylic acids is 1. The summed E-state index contributed by atoms with van der Waals surface area (Å²) < 4.78 is 5.01. The zero-order chi connectivity index (χ0) is 14.8. The van der Waals surface area contributed by atoms with Crippen molar-refractivity contribution in [3.8, 4) is 0 Å². The minimum absolute atomic E-state index is 0.286. The summed E-state index contributed by atoms with van der Waals surface area (Å²) in [5.41, 5.74) is 0.672. The summed E-state index contributed by atoms with van der Waals surface area (Å²) in [5, 5.41) is 11.8. The van der Waals surface area contributed by atoms with E-state index in [4.69, 9.17) is 4.74 Å². The van der Waals surface area contributed by atoms with Gasteiger partial charge in [-0.25, -0.2) is 4.79 Å². The zero-order valence-electron chi connectivity index (χ0n) is 11.7. The molecule has 5 nitrogen and oxygen atoms in total. The molecule has 1 fully saturated rings. The van der Waals surface area contributed by atoms with Crippen molar-refractivity contribution in [2.45, 2.75) is 32.1 Å². The number of anilines is 1. The average molecular weight is 277 g/mol. The molecular weight excluding hydrogens is 258 g/mol. The molecule has 0 spiro atoms. The van der Waals surface area contributed by atoms with Gasteiger partial charge in [-0.2, -0.15) is 0 Å². The molecule has 0 atom stereocenters. The van der Waals surface area contributed by atoms with Crippen molar-refractivity contribution in [3.05, 3.63) is 29.8 Å². The minimum atomic E-state index is -0.783. The molecule has 1 aromatic carbocycles. The normalized spacial score (nSPS) is 15.8. The molecule has 0 aliphatic heterocycles. The van der Waals surface area contributed by atoms with Crippen LogP contribution in [0, 0.1) is 5.92 Å². The summed E-state index contributed by atoms with van der Waals surface area (Å²) >= 11 is 0. The molecule has 2 N–H and O–H groups in total. The molecule has 108 valence electrons. The Morgan fingerprint density at radius 1 is 1.30 bits per heavy atom. The molecule has 0 saturated heterocycles. The molecule has 0 heterocycles. The van der Waals surface area contributed by atoms with Gasteiger partial charge in [-0.1, -0.05) is 26.0 Å². The van der Waals surface area contributed by atoms with E-state index in [-0.39, 0.29) is 5.92 Å². The first-order valence-corrected chi connectivity index (χ1v) is 6.72. The van der Waals surface area contributed by atoms with Crippen LogP contribution in [0.25, 0.3) is 0 Å². The lowest BCUT2D eigenvalue weighted by Crippen LogP contribution is -2.20. The van der Waals surface area contributed by atoms with Gasteiger partial charge in [0.15, 0.2) is 0 Å². The minimum Gasteiger partial charge on any atom is -0.481 e. The number of hydrogen-bond donors (Lipinski definition) is 2. The van der Waals surface area contributed by atoms with Crippen LogP contribution < -0.4 is 5.32 Å². The first-order valence-electron chi connectivity index (χ1n) is 6.72. The summed E-state index contributed by atoms with van der Waals surface area (Å²) in [7, 11) is 0. The van der Waals surface area contributed by atoms with Crippen molar-refractivity contribution in [1.82, 2.24) is 0 Å². The van der Waals surface area contributed by atoms with E-state index in [1.54, 1.807) is 24.3 Å². The van der Waals surface area contributed by atoms with Crippen LogP contribution >= 0.6 is 0 Å². The van der Waals surface area contributed by atoms with E-state index in [0.29, 0.717) is 25.1 Å². The topological polar surface area (TPSA) is 75.6 Å². The van der Waals surface area contributed by atoms with Crippen LogP contribution in [0.1, 0.15) is 32.3 Å². The highest BCUT2D eigenvalue weighted by atomic mass is 16.5. The van der Waals surface area contributed by atoms with Crippen LogP contribution in [-0.2, 0) is 14.9 Å². The van der Waals surface area contributed by atoms with Crippen molar-refractivity contribution in [2.75, 3.05) is 11.9 Å². The predicted octanol–water partition coefficient (Wildman–Crippen LogP) is 3.01. The summed E-state index contributed by atoms with van der Waals surface area (Å²) in [6, 6.07) is 6.91. The van der Waals surface area contributed by atoms with Crippen LogP contribution in [0.4, 0.5) is 10.5 Å². The van der Waals surface area contributed by atoms with E-state index >= 15 is 0 Å². The standard InChI is InChI=1S/C15H19NO4/c1-10(2)9-20-14(19)16-12-5-3-11(4-6-12)15(7-8-15)13(17)18/h3-6,10H,7-9H2,1-2H3,(H,16,19)(H,17,18). The largest absolute Gasteiger partial charge is 0.481 e. The Morgan fingerprint density at radius 2 is 1.90 bits per heavy atom. The number of ether oxygens (including phenoxy) is 1. The average Bonchev–Trinajstić information content (AvgIpc) is 3.19. The van der Waals surface area contributed by atoms with Crippen molar-refractivity contribution >= 4 is 17.7 Å². The van der Waals surface area contributed by atoms with Crippen LogP contribution in [0.3, 0.4) is 0 Å². The number of nitrogens with one attached hydrogen (secondary N) is 1. The number of hydrogen-bond acceptors (Lipinski definition) is 3. The number of rotatable bonds is 5. The highest BCUT2D eigenvalue weighted by Gasteiger charge is 2.51. The number of aliphatic carboxylic acids is 1. The van der Waals surface area contributed by atoms with E-state index in [2.05, 4.69) is 5.32 Å².